The quantitative estimate of drug-likeness (QED) is 0.814. The Morgan fingerprint density at radius 3 is 2.47 bits per heavy atom. The SMILES string of the molecule is CSc1ccc(Nc2ccccc2CC(=O)O)cc1. The number of thioether (sulfide) groups is 1. The molecule has 0 heterocycles. The molecule has 0 fully saturated rings. The Bertz CT molecular complexity index is 567. The first-order chi connectivity index (χ1) is 9.19. The molecule has 0 unspecified atom stereocenters. The second-order valence-electron chi connectivity index (χ2n) is 4.08. The van der Waals surface area contributed by atoms with Crippen LogP contribution in [0.4, 0.5) is 11.4 Å². The van der Waals surface area contributed by atoms with Gasteiger partial charge < -0.3 is 10.4 Å². The van der Waals surface area contributed by atoms with Crippen molar-refractivity contribution < 1.29 is 9.90 Å². The standard InChI is InChI=1S/C15H15NO2S/c1-19-13-8-6-12(7-9-13)16-14-5-3-2-4-11(14)10-15(17)18/h2-9,16H,10H2,1H3,(H,17,18). The molecule has 0 aliphatic heterocycles. The molecule has 0 aliphatic rings. The van der Waals surface area contributed by atoms with Gasteiger partial charge in [0.25, 0.3) is 0 Å². The summed E-state index contributed by atoms with van der Waals surface area (Å²) in [5.74, 6) is -0.827. The van der Waals surface area contributed by atoms with Gasteiger partial charge in [-0.05, 0) is 42.2 Å². The maximum atomic E-state index is 10.8. The van der Waals surface area contributed by atoms with Crippen LogP contribution in [-0.2, 0) is 11.2 Å². The van der Waals surface area contributed by atoms with Gasteiger partial charge in [-0.15, -0.1) is 11.8 Å². The number of nitrogens with one attached hydrogen (secondary N) is 1. The number of hydrogen-bond acceptors (Lipinski definition) is 3. The second-order valence-corrected chi connectivity index (χ2v) is 4.96. The fourth-order valence-electron chi connectivity index (χ4n) is 1.79. The average molecular weight is 273 g/mol. The van der Waals surface area contributed by atoms with Gasteiger partial charge in [-0.1, -0.05) is 18.2 Å². The predicted octanol–water partition coefficient (Wildman–Crippen LogP) is 3.78. The summed E-state index contributed by atoms with van der Waals surface area (Å²) in [6.45, 7) is 0. The van der Waals surface area contributed by atoms with Crippen LogP contribution in [0.25, 0.3) is 0 Å². The number of anilines is 2. The van der Waals surface area contributed by atoms with Crippen LogP contribution in [0.2, 0.25) is 0 Å². The van der Waals surface area contributed by atoms with E-state index in [9.17, 15) is 4.79 Å². The molecule has 0 amide bonds. The van der Waals surface area contributed by atoms with Gasteiger partial charge in [0.05, 0.1) is 6.42 Å². The fourth-order valence-corrected chi connectivity index (χ4v) is 2.20. The molecule has 3 nitrogen and oxygen atoms in total. The van der Waals surface area contributed by atoms with E-state index in [0.29, 0.717) is 0 Å². The number of para-hydroxylation sites is 1. The van der Waals surface area contributed by atoms with E-state index in [1.165, 1.54) is 4.90 Å². The monoisotopic (exact) mass is 273 g/mol. The van der Waals surface area contributed by atoms with Crippen molar-refractivity contribution >= 4 is 29.1 Å². The van der Waals surface area contributed by atoms with Crippen LogP contribution in [0.5, 0.6) is 0 Å². The number of aliphatic carboxylic acids is 1. The topological polar surface area (TPSA) is 49.3 Å². The molecule has 2 aromatic carbocycles. The van der Waals surface area contributed by atoms with E-state index in [0.717, 1.165) is 16.9 Å². The average Bonchev–Trinajstić information content (AvgIpc) is 2.41. The van der Waals surface area contributed by atoms with Crippen LogP contribution in [0, 0.1) is 0 Å². The van der Waals surface area contributed by atoms with Crippen molar-refractivity contribution in [3.63, 3.8) is 0 Å². The first-order valence-electron chi connectivity index (χ1n) is 5.90. The van der Waals surface area contributed by atoms with Crippen molar-refractivity contribution in [2.75, 3.05) is 11.6 Å². The van der Waals surface area contributed by atoms with Gasteiger partial charge in [-0.3, -0.25) is 4.79 Å². The molecule has 0 aromatic heterocycles. The largest absolute Gasteiger partial charge is 0.481 e. The van der Waals surface area contributed by atoms with E-state index < -0.39 is 5.97 Å². The normalized spacial score (nSPS) is 10.2. The Hall–Kier alpha value is -1.94. The van der Waals surface area contributed by atoms with Gasteiger partial charge in [0.15, 0.2) is 0 Å². The summed E-state index contributed by atoms with van der Waals surface area (Å²) in [5, 5.41) is 12.2. The number of benzene rings is 2. The van der Waals surface area contributed by atoms with Crippen molar-refractivity contribution in [1.82, 2.24) is 0 Å². The van der Waals surface area contributed by atoms with E-state index in [2.05, 4.69) is 5.32 Å². The molecule has 0 saturated carbocycles. The maximum Gasteiger partial charge on any atom is 0.307 e. The fraction of sp³-hybridized carbons (Fsp3) is 0.133. The minimum atomic E-state index is -0.827. The van der Waals surface area contributed by atoms with Crippen LogP contribution in [-0.4, -0.2) is 17.3 Å². The lowest BCUT2D eigenvalue weighted by Gasteiger charge is -2.11. The number of carbonyl (C=O) groups is 1. The minimum Gasteiger partial charge on any atom is -0.481 e. The first kappa shape index (κ1) is 13.5. The molecular formula is C15H15NO2S. The summed E-state index contributed by atoms with van der Waals surface area (Å²) in [6, 6.07) is 15.5. The zero-order valence-electron chi connectivity index (χ0n) is 10.6. The van der Waals surface area contributed by atoms with Crippen LogP contribution in [0.3, 0.4) is 0 Å². The molecule has 4 heteroatoms. The summed E-state index contributed by atoms with van der Waals surface area (Å²) in [4.78, 5) is 12.0. The van der Waals surface area contributed by atoms with E-state index in [1.54, 1.807) is 11.8 Å². The summed E-state index contributed by atoms with van der Waals surface area (Å²) >= 11 is 1.69. The highest BCUT2D eigenvalue weighted by Crippen LogP contribution is 2.23. The zero-order valence-corrected chi connectivity index (χ0v) is 11.4. The van der Waals surface area contributed by atoms with E-state index in [-0.39, 0.29) is 6.42 Å². The zero-order chi connectivity index (χ0) is 13.7. The smallest absolute Gasteiger partial charge is 0.307 e. The third-order valence-electron chi connectivity index (χ3n) is 2.73. The summed E-state index contributed by atoms with van der Waals surface area (Å²) in [7, 11) is 0. The molecule has 98 valence electrons. The molecular weight excluding hydrogens is 258 g/mol. The van der Waals surface area contributed by atoms with Crippen LogP contribution < -0.4 is 5.32 Å². The van der Waals surface area contributed by atoms with Gasteiger partial charge in [0.1, 0.15) is 0 Å². The second kappa shape index (κ2) is 6.29. The van der Waals surface area contributed by atoms with E-state index in [4.69, 9.17) is 5.11 Å². The third kappa shape index (κ3) is 3.76. The molecule has 0 aliphatic carbocycles. The number of rotatable bonds is 5. The Morgan fingerprint density at radius 2 is 1.84 bits per heavy atom. The minimum absolute atomic E-state index is 0.0199. The van der Waals surface area contributed by atoms with Crippen molar-refractivity contribution in [3.05, 3.63) is 54.1 Å². The molecule has 19 heavy (non-hydrogen) atoms. The Labute approximate surface area is 116 Å². The van der Waals surface area contributed by atoms with Gasteiger partial charge in [-0.2, -0.15) is 0 Å². The molecule has 0 saturated heterocycles. The van der Waals surface area contributed by atoms with Crippen molar-refractivity contribution in [3.8, 4) is 0 Å². The summed E-state index contributed by atoms with van der Waals surface area (Å²) < 4.78 is 0. The summed E-state index contributed by atoms with van der Waals surface area (Å²) in [5.41, 5.74) is 2.57. The highest BCUT2D eigenvalue weighted by Gasteiger charge is 2.06. The molecule has 2 rings (SSSR count). The Kier molecular flexibility index (Phi) is 4.47. The molecule has 2 aromatic rings. The van der Waals surface area contributed by atoms with Crippen molar-refractivity contribution in [2.24, 2.45) is 0 Å². The highest BCUT2D eigenvalue weighted by molar-refractivity contribution is 7.98. The number of hydrogen-bond donors (Lipinski definition) is 2. The van der Waals surface area contributed by atoms with Gasteiger partial charge in [-0.25, -0.2) is 0 Å². The lowest BCUT2D eigenvalue weighted by molar-refractivity contribution is -0.136. The highest BCUT2D eigenvalue weighted by atomic mass is 32.2. The third-order valence-corrected chi connectivity index (χ3v) is 3.47. The molecule has 0 spiro atoms. The van der Waals surface area contributed by atoms with Gasteiger partial charge in [0, 0.05) is 16.3 Å². The Morgan fingerprint density at radius 1 is 1.16 bits per heavy atom. The molecule has 2 N–H and O–H groups in total. The predicted molar refractivity (Wildman–Crippen MR) is 79.3 cm³/mol. The first-order valence-corrected chi connectivity index (χ1v) is 7.12. The lowest BCUT2D eigenvalue weighted by Crippen LogP contribution is -2.03. The number of carboxylic acid groups (broad SMARTS) is 1. The van der Waals surface area contributed by atoms with Crippen LogP contribution in [0.15, 0.2) is 53.4 Å². The van der Waals surface area contributed by atoms with Crippen molar-refractivity contribution in [1.29, 1.82) is 0 Å². The lowest BCUT2D eigenvalue weighted by atomic mass is 10.1. The molecule has 0 bridgehead atoms. The van der Waals surface area contributed by atoms with E-state index >= 15 is 0 Å². The summed E-state index contributed by atoms with van der Waals surface area (Å²) in [6.07, 6.45) is 2.05. The van der Waals surface area contributed by atoms with Crippen molar-refractivity contribution in [2.45, 2.75) is 11.3 Å². The molecule has 0 atom stereocenters. The maximum absolute atomic E-state index is 10.8. The van der Waals surface area contributed by atoms with Crippen LogP contribution >= 0.6 is 11.8 Å². The van der Waals surface area contributed by atoms with Gasteiger partial charge in [0.2, 0.25) is 0 Å². The molecule has 0 radical (unpaired) electrons. The van der Waals surface area contributed by atoms with Gasteiger partial charge >= 0.3 is 5.97 Å². The van der Waals surface area contributed by atoms with E-state index in [1.807, 2.05) is 54.8 Å². The van der Waals surface area contributed by atoms with Crippen LogP contribution in [0.1, 0.15) is 5.56 Å². The number of carboxylic acids is 1. The Balaban J connectivity index is 2.19.